The predicted molar refractivity (Wildman–Crippen MR) is 70.8 cm³/mol. The third kappa shape index (κ3) is 4.40. The average molecular weight is 293 g/mol. The fourth-order valence-corrected chi connectivity index (χ4v) is 2.23. The maximum Gasteiger partial charge on any atom is 0.263 e. The quantitative estimate of drug-likeness (QED) is 0.855. The van der Waals surface area contributed by atoms with Gasteiger partial charge in [-0.05, 0) is 39.8 Å². The van der Waals surface area contributed by atoms with E-state index >= 15 is 0 Å². The van der Waals surface area contributed by atoms with Crippen molar-refractivity contribution in [2.24, 2.45) is 0 Å². The number of rotatable bonds is 4. The molecule has 0 aliphatic rings. The van der Waals surface area contributed by atoms with E-state index in [-0.39, 0.29) is 11.1 Å². The van der Waals surface area contributed by atoms with E-state index in [0.717, 1.165) is 18.2 Å². The van der Waals surface area contributed by atoms with E-state index in [1.54, 1.807) is 27.7 Å². The van der Waals surface area contributed by atoms with Gasteiger partial charge < -0.3 is 4.55 Å². The zero-order chi connectivity index (χ0) is 14.8. The largest absolute Gasteiger partial charge is 0.598 e. The minimum atomic E-state index is -2.65. The van der Waals surface area contributed by atoms with Crippen LogP contribution in [0.15, 0.2) is 18.2 Å². The van der Waals surface area contributed by atoms with Gasteiger partial charge in [0.2, 0.25) is 0 Å². The molecule has 0 amide bonds. The second-order valence-electron chi connectivity index (χ2n) is 5.30. The zero-order valence-corrected chi connectivity index (χ0v) is 12.2. The van der Waals surface area contributed by atoms with Crippen molar-refractivity contribution in [2.75, 3.05) is 0 Å². The molecule has 2 nitrogen and oxygen atoms in total. The SMILES string of the molecule is CC(N[S+]([O-])C(C)(C)C)c1cc(C(F)F)ccc1F. The van der Waals surface area contributed by atoms with E-state index in [1.807, 2.05) is 0 Å². The number of nitrogens with one attached hydrogen (secondary N) is 1. The lowest BCUT2D eigenvalue weighted by molar-refractivity contribution is 0.151. The molecule has 0 aliphatic heterocycles. The molecule has 2 atom stereocenters. The van der Waals surface area contributed by atoms with Crippen LogP contribution in [0.25, 0.3) is 0 Å². The van der Waals surface area contributed by atoms with Crippen molar-refractivity contribution >= 4 is 11.4 Å². The molecule has 1 aromatic carbocycles. The van der Waals surface area contributed by atoms with Crippen molar-refractivity contribution in [3.63, 3.8) is 0 Å². The molecule has 0 radical (unpaired) electrons. The summed E-state index contributed by atoms with van der Waals surface area (Å²) in [6.45, 7) is 6.91. The molecule has 0 heterocycles. The summed E-state index contributed by atoms with van der Waals surface area (Å²) >= 11 is -1.40. The lowest BCUT2D eigenvalue weighted by atomic mass is 10.1. The van der Waals surface area contributed by atoms with Gasteiger partial charge in [-0.25, -0.2) is 13.2 Å². The van der Waals surface area contributed by atoms with Crippen LogP contribution in [-0.4, -0.2) is 9.30 Å². The maximum absolute atomic E-state index is 13.6. The van der Waals surface area contributed by atoms with E-state index in [0.29, 0.717) is 0 Å². The Labute approximate surface area is 114 Å². The lowest BCUT2D eigenvalue weighted by Crippen LogP contribution is -2.40. The van der Waals surface area contributed by atoms with Crippen molar-refractivity contribution in [3.8, 4) is 0 Å². The standard InChI is InChI=1S/C13H18F3NOS/c1-8(17-19(18)13(2,3)4)10-7-9(12(15)16)5-6-11(10)14/h5-8,12,17H,1-4H3. The van der Waals surface area contributed by atoms with Crippen LogP contribution >= 0.6 is 0 Å². The Kier molecular flexibility index (Phi) is 5.29. The first-order valence-corrected chi connectivity index (χ1v) is 7.03. The highest BCUT2D eigenvalue weighted by atomic mass is 32.2. The van der Waals surface area contributed by atoms with Crippen LogP contribution in [0.1, 0.15) is 51.3 Å². The van der Waals surface area contributed by atoms with Crippen molar-refractivity contribution in [1.29, 1.82) is 0 Å². The van der Waals surface area contributed by atoms with Crippen LogP contribution in [0.3, 0.4) is 0 Å². The first kappa shape index (κ1) is 16.3. The lowest BCUT2D eigenvalue weighted by Gasteiger charge is -2.26. The van der Waals surface area contributed by atoms with Crippen molar-refractivity contribution in [1.82, 2.24) is 4.72 Å². The molecule has 108 valence electrons. The van der Waals surface area contributed by atoms with Crippen LogP contribution in [0, 0.1) is 5.82 Å². The monoisotopic (exact) mass is 293 g/mol. The molecule has 1 rings (SSSR count). The molecular weight excluding hydrogens is 275 g/mol. The smallest absolute Gasteiger partial charge is 0.263 e. The Hall–Kier alpha value is -0.720. The fraction of sp³-hybridized carbons (Fsp3) is 0.538. The van der Waals surface area contributed by atoms with E-state index < -0.39 is 34.4 Å². The molecule has 6 heteroatoms. The van der Waals surface area contributed by atoms with Crippen LogP contribution in [0.5, 0.6) is 0 Å². The predicted octanol–water partition coefficient (Wildman–Crippen LogP) is 3.88. The van der Waals surface area contributed by atoms with Gasteiger partial charge in [0.05, 0.1) is 6.04 Å². The van der Waals surface area contributed by atoms with Crippen LogP contribution in [0.2, 0.25) is 0 Å². The van der Waals surface area contributed by atoms with Gasteiger partial charge in [0.1, 0.15) is 10.6 Å². The Morgan fingerprint density at radius 3 is 2.32 bits per heavy atom. The maximum atomic E-state index is 13.6. The van der Waals surface area contributed by atoms with Crippen LogP contribution < -0.4 is 4.72 Å². The molecule has 1 N–H and O–H groups in total. The average Bonchev–Trinajstić information content (AvgIpc) is 2.27. The summed E-state index contributed by atoms with van der Waals surface area (Å²) in [7, 11) is 0. The van der Waals surface area contributed by atoms with Gasteiger partial charge in [0, 0.05) is 22.5 Å². The van der Waals surface area contributed by atoms with Crippen LogP contribution in [-0.2, 0) is 11.4 Å². The van der Waals surface area contributed by atoms with E-state index in [1.165, 1.54) is 0 Å². The molecule has 0 saturated heterocycles. The fourth-order valence-electron chi connectivity index (χ4n) is 1.43. The van der Waals surface area contributed by atoms with Gasteiger partial charge in [0.25, 0.3) is 6.43 Å². The molecule has 0 aliphatic carbocycles. The van der Waals surface area contributed by atoms with Gasteiger partial charge >= 0.3 is 0 Å². The molecular formula is C13H18F3NOS. The van der Waals surface area contributed by atoms with Crippen LogP contribution in [0.4, 0.5) is 13.2 Å². The summed E-state index contributed by atoms with van der Waals surface area (Å²) in [5.41, 5.74) is -0.151. The minimum absolute atomic E-state index is 0.0930. The van der Waals surface area contributed by atoms with E-state index in [4.69, 9.17) is 0 Å². The molecule has 19 heavy (non-hydrogen) atoms. The Balaban J connectivity index is 2.93. The van der Waals surface area contributed by atoms with E-state index in [9.17, 15) is 17.7 Å². The second kappa shape index (κ2) is 6.15. The number of benzene rings is 1. The summed E-state index contributed by atoms with van der Waals surface area (Å²) in [5.74, 6) is -0.588. The zero-order valence-electron chi connectivity index (χ0n) is 11.3. The highest BCUT2D eigenvalue weighted by molar-refractivity contribution is 7.90. The Morgan fingerprint density at radius 2 is 1.84 bits per heavy atom. The summed E-state index contributed by atoms with van der Waals surface area (Å²) in [6.07, 6.45) is -2.65. The van der Waals surface area contributed by atoms with Gasteiger partial charge in [-0.2, -0.15) is 0 Å². The molecule has 0 saturated carbocycles. The highest BCUT2D eigenvalue weighted by Crippen LogP contribution is 2.26. The van der Waals surface area contributed by atoms with Gasteiger partial charge in [-0.1, -0.05) is 6.07 Å². The number of hydrogen-bond donors (Lipinski definition) is 1. The first-order valence-electron chi connectivity index (χ1n) is 5.88. The Bertz CT molecular complexity index is 434. The molecule has 0 aromatic heterocycles. The summed E-state index contributed by atoms with van der Waals surface area (Å²) in [6, 6.07) is 2.56. The minimum Gasteiger partial charge on any atom is -0.598 e. The first-order chi connectivity index (χ1) is 8.62. The molecule has 1 aromatic rings. The number of hydrogen-bond acceptors (Lipinski definition) is 2. The molecule has 0 spiro atoms. The number of alkyl halides is 2. The Morgan fingerprint density at radius 1 is 1.26 bits per heavy atom. The van der Waals surface area contributed by atoms with Crippen molar-refractivity contribution in [2.45, 2.75) is 44.9 Å². The second-order valence-corrected chi connectivity index (χ2v) is 7.30. The molecule has 0 fully saturated rings. The third-order valence-corrected chi connectivity index (χ3v) is 4.26. The van der Waals surface area contributed by atoms with Gasteiger partial charge in [-0.15, -0.1) is 4.72 Å². The number of halogens is 3. The summed E-state index contributed by atoms with van der Waals surface area (Å²) in [4.78, 5) is 0. The highest BCUT2D eigenvalue weighted by Gasteiger charge is 2.29. The molecule has 2 unspecified atom stereocenters. The van der Waals surface area contributed by atoms with E-state index in [2.05, 4.69) is 4.72 Å². The molecule has 0 bridgehead atoms. The normalized spacial score (nSPS) is 15.6. The van der Waals surface area contributed by atoms with Crippen molar-refractivity contribution in [3.05, 3.63) is 35.1 Å². The van der Waals surface area contributed by atoms with Gasteiger partial charge in [-0.3, -0.25) is 0 Å². The summed E-state index contributed by atoms with van der Waals surface area (Å²) < 4.78 is 53.0. The summed E-state index contributed by atoms with van der Waals surface area (Å²) in [5, 5.41) is 0. The topological polar surface area (TPSA) is 35.1 Å². The third-order valence-electron chi connectivity index (χ3n) is 2.58. The van der Waals surface area contributed by atoms with Crippen molar-refractivity contribution < 1.29 is 17.7 Å². The van der Waals surface area contributed by atoms with Gasteiger partial charge in [0.15, 0.2) is 0 Å².